The van der Waals surface area contributed by atoms with Crippen LogP contribution >= 0.6 is 0 Å². The SMILES string of the molecule is CCCC(C)[N+](O)(CC)CC. The minimum Gasteiger partial charge on any atom is -0.217 e. The van der Waals surface area contributed by atoms with E-state index in [1.165, 1.54) is 0 Å². The normalized spacial score (nSPS) is 15.0. The van der Waals surface area contributed by atoms with Crippen molar-refractivity contribution in [2.45, 2.75) is 46.6 Å². The van der Waals surface area contributed by atoms with Crippen molar-refractivity contribution in [1.29, 1.82) is 0 Å². The van der Waals surface area contributed by atoms with E-state index >= 15 is 0 Å². The molecule has 68 valence electrons. The van der Waals surface area contributed by atoms with E-state index in [1.807, 2.05) is 13.8 Å². The summed E-state index contributed by atoms with van der Waals surface area (Å²) in [6.45, 7) is 9.99. The Labute approximate surface area is 70.4 Å². The van der Waals surface area contributed by atoms with E-state index in [0.717, 1.165) is 25.9 Å². The van der Waals surface area contributed by atoms with Gasteiger partial charge in [-0.05, 0) is 20.8 Å². The topological polar surface area (TPSA) is 20.2 Å². The molecule has 2 heteroatoms. The van der Waals surface area contributed by atoms with Gasteiger partial charge in [-0.3, -0.25) is 0 Å². The zero-order valence-corrected chi connectivity index (χ0v) is 8.30. The fraction of sp³-hybridized carbons (Fsp3) is 1.00. The maximum atomic E-state index is 9.97. The van der Waals surface area contributed by atoms with Crippen LogP contribution in [0.1, 0.15) is 40.5 Å². The van der Waals surface area contributed by atoms with Gasteiger partial charge in [0.2, 0.25) is 0 Å². The fourth-order valence-electron chi connectivity index (χ4n) is 1.51. The van der Waals surface area contributed by atoms with Gasteiger partial charge in [-0.25, -0.2) is 5.21 Å². The lowest BCUT2D eigenvalue weighted by Crippen LogP contribution is -2.51. The molecule has 0 fully saturated rings. The summed E-state index contributed by atoms with van der Waals surface area (Å²) in [7, 11) is 0. The molecule has 1 atom stereocenters. The summed E-state index contributed by atoms with van der Waals surface area (Å²) >= 11 is 0. The van der Waals surface area contributed by atoms with Gasteiger partial charge in [-0.15, -0.1) is 0 Å². The van der Waals surface area contributed by atoms with Crippen LogP contribution in [0.4, 0.5) is 0 Å². The van der Waals surface area contributed by atoms with E-state index in [0.29, 0.717) is 6.04 Å². The summed E-state index contributed by atoms with van der Waals surface area (Å²) in [6, 6.07) is 0.384. The molecule has 0 amide bonds. The molecule has 0 aliphatic rings. The summed E-state index contributed by atoms with van der Waals surface area (Å²) in [5.41, 5.74) is 0. The molecule has 0 saturated carbocycles. The third kappa shape index (κ3) is 2.80. The number of nitrogens with zero attached hydrogens (tertiary/aromatic N) is 1. The summed E-state index contributed by atoms with van der Waals surface area (Å²) in [5, 5.41) is 9.97. The van der Waals surface area contributed by atoms with E-state index in [-0.39, 0.29) is 4.65 Å². The Morgan fingerprint density at radius 3 is 1.91 bits per heavy atom. The maximum Gasteiger partial charge on any atom is 0.116 e. The van der Waals surface area contributed by atoms with E-state index in [1.54, 1.807) is 0 Å². The number of hydroxylamine groups is 3. The van der Waals surface area contributed by atoms with Crippen molar-refractivity contribution in [2.24, 2.45) is 0 Å². The van der Waals surface area contributed by atoms with Gasteiger partial charge in [-0.2, -0.15) is 4.65 Å². The molecule has 0 radical (unpaired) electrons. The predicted octanol–water partition coefficient (Wildman–Crippen LogP) is 2.42. The Morgan fingerprint density at radius 2 is 1.64 bits per heavy atom. The highest BCUT2D eigenvalue weighted by Crippen LogP contribution is 2.13. The first-order valence-corrected chi connectivity index (χ1v) is 4.70. The standard InChI is InChI=1S/C9H22NO/c1-5-8-9(4)10(11,6-2)7-3/h9,11H,5-8H2,1-4H3/q+1. The van der Waals surface area contributed by atoms with Crippen LogP contribution in [-0.4, -0.2) is 29.0 Å². The Bertz CT molecular complexity index is 99.7. The van der Waals surface area contributed by atoms with Gasteiger partial charge in [0.15, 0.2) is 0 Å². The molecule has 1 unspecified atom stereocenters. The molecule has 0 aromatic carbocycles. The zero-order chi connectivity index (χ0) is 8.91. The molecule has 11 heavy (non-hydrogen) atoms. The molecule has 0 aromatic heterocycles. The largest absolute Gasteiger partial charge is 0.217 e. The summed E-state index contributed by atoms with van der Waals surface area (Å²) in [4.78, 5) is 0. The van der Waals surface area contributed by atoms with Gasteiger partial charge < -0.3 is 0 Å². The van der Waals surface area contributed by atoms with Crippen molar-refractivity contribution in [1.82, 2.24) is 0 Å². The molecule has 0 heterocycles. The third-order valence-corrected chi connectivity index (χ3v) is 2.62. The number of rotatable bonds is 5. The molecule has 0 saturated heterocycles. The van der Waals surface area contributed by atoms with Crippen molar-refractivity contribution in [3.8, 4) is 0 Å². The van der Waals surface area contributed by atoms with Gasteiger partial charge >= 0.3 is 0 Å². The van der Waals surface area contributed by atoms with Crippen LogP contribution in [0.2, 0.25) is 0 Å². The second-order valence-electron chi connectivity index (χ2n) is 3.26. The van der Waals surface area contributed by atoms with Crippen LogP contribution in [0.15, 0.2) is 0 Å². The van der Waals surface area contributed by atoms with Crippen LogP contribution in [0.5, 0.6) is 0 Å². The first-order chi connectivity index (χ1) is 5.10. The molecule has 1 N–H and O–H groups in total. The molecular formula is C9H22NO+. The third-order valence-electron chi connectivity index (χ3n) is 2.62. The highest BCUT2D eigenvalue weighted by Gasteiger charge is 2.27. The lowest BCUT2D eigenvalue weighted by atomic mass is 10.1. The molecule has 0 aliphatic heterocycles. The zero-order valence-electron chi connectivity index (χ0n) is 8.30. The number of quaternary nitrogens is 1. The molecule has 2 nitrogen and oxygen atoms in total. The molecule has 0 aromatic rings. The van der Waals surface area contributed by atoms with Gasteiger partial charge in [0.25, 0.3) is 0 Å². The number of hydrogen-bond donors (Lipinski definition) is 1. The molecule has 0 aliphatic carbocycles. The second-order valence-corrected chi connectivity index (χ2v) is 3.26. The van der Waals surface area contributed by atoms with Crippen molar-refractivity contribution >= 4 is 0 Å². The van der Waals surface area contributed by atoms with Crippen molar-refractivity contribution in [2.75, 3.05) is 13.1 Å². The van der Waals surface area contributed by atoms with Crippen LogP contribution < -0.4 is 0 Å². The fourth-order valence-corrected chi connectivity index (χ4v) is 1.51. The highest BCUT2D eigenvalue weighted by atomic mass is 16.5. The van der Waals surface area contributed by atoms with Gasteiger partial charge in [0, 0.05) is 6.42 Å². The smallest absolute Gasteiger partial charge is 0.116 e. The minimum absolute atomic E-state index is 0.230. The Balaban J connectivity index is 4.00. The highest BCUT2D eigenvalue weighted by molar-refractivity contribution is 4.47. The van der Waals surface area contributed by atoms with Crippen LogP contribution in [0, 0.1) is 0 Å². The first kappa shape index (κ1) is 10.9. The quantitative estimate of drug-likeness (QED) is 0.484. The lowest BCUT2D eigenvalue weighted by molar-refractivity contribution is -1.12. The molecule has 0 spiro atoms. The van der Waals surface area contributed by atoms with Gasteiger partial charge in [0.1, 0.15) is 19.1 Å². The van der Waals surface area contributed by atoms with Crippen molar-refractivity contribution in [3.05, 3.63) is 0 Å². The van der Waals surface area contributed by atoms with E-state index in [2.05, 4.69) is 13.8 Å². The summed E-state index contributed by atoms with van der Waals surface area (Å²) in [5.74, 6) is 0. The first-order valence-electron chi connectivity index (χ1n) is 4.70. The molecule has 0 rings (SSSR count). The minimum atomic E-state index is 0.230. The number of hydrogen-bond acceptors (Lipinski definition) is 1. The van der Waals surface area contributed by atoms with Crippen LogP contribution in [0.25, 0.3) is 0 Å². The Kier molecular flexibility index (Phi) is 4.69. The van der Waals surface area contributed by atoms with E-state index in [9.17, 15) is 5.21 Å². The average Bonchev–Trinajstić information content (AvgIpc) is 2.03. The van der Waals surface area contributed by atoms with E-state index in [4.69, 9.17) is 0 Å². The molecule has 0 bridgehead atoms. The summed E-state index contributed by atoms with van der Waals surface area (Å²) < 4.78 is 0.230. The lowest BCUT2D eigenvalue weighted by Gasteiger charge is -2.33. The average molecular weight is 160 g/mol. The van der Waals surface area contributed by atoms with Crippen LogP contribution in [0.3, 0.4) is 0 Å². The monoisotopic (exact) mass is 160 g/mol. The van der Waals surface area contributed by atoms with Crippen LogP contribution in [-0.2, 0) is 0 Å². The predicted molar refractivity (Wildman–Crippen MR) is 47.5 cm³/mol. The molecular weight excluding hydrogens is 138 g/mol. The van der Waals surface area contributed by atoms with E-state index < -0.39 is 0 Å². The van der Waals surface area contributed by atoms with Crippen molar-refractivity contribution < 1.29 is 9.85 Å². The van der Waals surface area contributed by atoms with Gasteiger partial charge in [0.05, 0.1) is 0 Å². The van der Waals surface area contributed by atoms with Gasteiger partial charge in [-0.1, -0.05) is 13.3 Å². The van der Waals surface area contributed by atoms with Crippen molar-refractivity contribution in [3.63, 3.8) is 0 Å². The Hall–Kier alpha value is -0.0800. The maximum absolute atomic E-state index is 9.97. The Morgan fingerprint density at radius 1 is 1.18 bits per heavy atom. The summed E-state index contributed by atoms with van der Waals surface area (Å²) in [6.07, 6.45) is 2.26. The second kappa shape index (κ2) is 4.73.